The Balaban J connectivity index is 1.72. The molecule has 132 valence electrons. The number of benzene rings is 1. The van der Waals surface area contributed by atoms with Crippen LogP contribution in [0.15, 0.2) is 45.7 Å². The Morgan fingerprint density at radius 3 is 2.92 bits per heavy atom. The van der Waals surface area contributed by atoms with Gasteiger partial charge in [0.25, 0.3) is 5.91 Å². The molecule has 0 spiro atoms. The summed E-state index contributed by atoms with van der Waals surface area (Å²) < 4.78 is 11.8. The zero-order valence-electron chi connectivity index (χ0n) is 14.1. The van der Waals surface area contributed by atoms with Gasteiger partial charge in [-0.2, -0.15) is 0 Å². The molecule has 2 unspecified atom stereocenters. The first kappa shape index (κ1) is 16.1. The maximum Gasteiger partial charge on any atom is 0.421 e. The van der Waals surface area contributed by atoms with Crippen LogP contribution in [0.25, 0.3) is 11.2 Å². The van der Waals surface area contributed by atoms with Crippen molar-refractivity contribution < 1.29 is 18.7 Å². The first-order valence-corrected chi connectivity index (χ1v) is 8.07. The first-order valence-electron chi connectivity index (χ1n) is 8.07. The summed E-state index contributed by atoms with van der Waals surface area (Å²) in [6, 6.07) is 7.21. The maximum atomic E-state index is 12.9. The van der Waals surface area contributed by atoms with Crippen molar-refractivity contribution in [3.05, 3.63) is 52.6 Å². The number of amides is 1. The molecule has 8 nitrogen and oxygen atoms in total. The summed E-state index contributed by atoms with van der Waals surface area (Å²) in [7, 11) is 0. The number of anilines is 1. The number of rotatable bonds is 3. The van der Waals surface area contributed by atoms with Gasteiger partial charge in [0.1, 0.15) is 11.8 Å². The third-order valence-electron chi connectivity index (χ3n) is 4.33. The summed E-state index contributed by atoms with van der Waals surface area (Å²) in [5, 5.41) is 2.70. The summed E-state index contributed by atoms with van der Waals surface area (Å²) in [4.78, 5) is 40.9. The number of aromatic nitrogens is 2. The number of nitrogens with one attached hydrogen (secondary N) is 1. The van der Waals surface area contributed by atoms with Crippen LogP contribution in [0.5, 0.6) is 5.75 Å². The zero-order chi connectivity index (χ0) is 18.4. The highest BCUT2D eigenvalue weighted by Crippen LogP contribution is 2.31. The molecule has 0 radical (unpaired) electrons. The fourth-order valence-corrected chi connectivity index (χ4v) is 2.93. The summed E-state index contributed by atoms with van der Waals surface area (Å²) in [5.74, 6) is -0.746. The Morgan fingerprint density at radius 1 is 1.31 bits per heavy atom. The van der Waals surface area contributed by atoms with Gasteiger partial charge < -0.3 is 14.5 Å². The number of ether oxygens (including phenoxy) is 1. The number of carbonyl (C=O) groups excluding carboxylic acids is 2. The van der Waals surface area contributed by atoms with Gasteiger partial charge in [-0.05, 0) is 44.2 Å². The number of ketones is 1. The van der Waals surface area contributed by atoms with Crippen LogP contribution in [0.2, 0.25) is 0 Å². The number of nitrogens with zero attached hydrogens (tertiary/aromatic N) is 2. The van der Waals surface area contributed by atoms with Crippen LogP contribution in [0.3, 0.4) is 0 Å². The molecule has 0 fully saturated rings. The van der Waals surface area contributed by atoms with Gasteiger partial charge in [-0.15, -0.1) is 0 Å². The molecular formula is C18H15N3O5. The van der Waals surface area contributed by atoms with E-state index in [0.29, 0.717) is 28.2 Å². The molecule has 26 heavy (non-hydrogen) atoms. The molecule has 8 heteroatoms. The number of hydrogen-bond donors (Lipinski definition) is 1. The molecule has 1 aliphatic heterocycles. The van der Waals surface area contributed by atoms with Gasteiger partial charge in [0.05, 0.1) is 5.69 Å². The SMILES string of the molecule is CC1Oc2ccc(C(=O)C(C)n3c(=O)oc4cccnc43)cc2NC1=O. The number of carbonyl (C=O) groups is 2. The van der Waals surface area contributed by atoms with E-state index in [-0.39, 0.29) is 11.7 Å². The lowest BCUT2D eigenvalue weighted by atomic mass is 10.0. The minimum Gasteiger partial charge on any atom is -0.479 e. The second kappa shape index (κ2) is 5.83. The Morgan fingerprint density at radius 2 is 2.12 bits per heavy atom. The van der Waals surface area contributed by atoms with Crippen LogP contribution in [0.1, 0.15) is 30.2 Å². The lowest BCUT2D eigenvalue weighted by molar-refractivity contribution is -0.122. The second-order valence-electron chi connectivity index (χ2n) is 6.06. The molecule has 0 aliphatic carbocycles. The van der Waals surface area contributed by atoms with Crippen molar-refractivity contribution in [2.75, 3.05) is 5.32 Å². The van der Waals surface area contributed by atoms with E-state index in [1.165, 1.54) is 10.8 Å². The lowest BCUT2D eigenvalue weighted by Gasteiger charge is -2.23. The summed E-state index contributed by atoms with van der Waals surface area (Å²) in [5.41, 5.74) is 1.39. The van der Waals surface area contributed by atoms with Crippen LogP contribution in [-0.2, 0) is 4.79 Å². The van der Waals surface area contributed by atoms with Crippen LogP contribution >= 0.6 is 0 Å². The van der Waals surface area contributed by atoms with Crippen molar-refractivity contribution >= 4 is 28.6 Å². The van der Waals surface area contributed by atoms with Crippen molar-refractivity contribution in [1.82, 2.24) is 9.55 Å². The topological polar surface area (TPSA) is 103 Å². The van der Waals surface area contributed by atoms with E-state index in [0.717, 1.165) is 0 Å². The van der Waals surface area contributed by atoms with Gasteiger partial charge in [-0.25, -0.2) is 14.3 Å². The molecule has 4 rings (SSSR count). The second-order valence-corrected chi connectivity index (χ2v) is 6.06. The molecular weight excluding hydrogens is 338 g/mol. The van der Waals surface area contributed by atoms with E-state index in [1.807, 2.05) is 0 Å². The quantitative estimate of drug-likeness (QED) is 0.724. The molecule has 1 aromatic carbocycles. The summed E-state index contributed by atoms with van der Waals surface area (Å²) in [6.45, 7) is 3.24. The zero-order valence-corrected chi connectivity index (χ0v) is 14.1. The highest BCUT2D eigenvalue weighted by atomic mass is 16.5. The molecule has 1 N–H and O–H groups in total. The van der Waals surface area contributed by atoms with Gasteiger partial charge in [0, 0.05) is 11.8 Å². The highest BCUT2D eigenvalue weighted by Gasteiger charge is 2.27. The molecule has 0 saturated carbocycles. The van der Waals surface area contributed by atoms with Crippen LogP contribution in [0, 0.1) is 0 Å². The number of fused-ring (bicyclic) bond motifs is 2. The lowest BCUT2D eigenvalue weighted by Crippen LogP contribution is -2.34. The molecule has 2 aromatic heterocycles. The normalized spacial score (nSPS) is 17.3. The van der Waals surface area contributed by atoms with Gasteiger partial charge in [-0.3, -0.25) is 9.59 Å². The fourth-order valence-electron chi connectivity index (χ4n) is 2.93. The monoisotopic (exact) mass is 353 g/mol. The van der Waals surface area contributed by atoms with Crippen LogP contribution in [0.4, 0.5) is 5.69 Å². The minimum atomic E-state index is -0.823. The third kappa shape index (κ3) is 2.46. The van der Waals surface area contributed by atoms with E-state index in [4.69, 9.17) is 9.15 Å². The highest BCUT2D eigenvalue weighted by molar-refractivity contribution is 6.03. The van der Waals surface area contributed by atoms with Crippen LogP contribution in [-0.4, -0.2) is 27.3 Å². The van der Waals surface area contributed by atoms with E-state index in [1.54, 1.807) is 44.2 Å². The largest absolute Gasteiger partial charge is 0.479 e. The molecule has 1 aliphatic rings. The molecule has 2 atom stereocenters. The average molecular weight is 353 g/mol. The van der Waals surface area contributed by atoms with Crippen molar-refractivity contribution in [3.63, 3.8) is 0 Å². The summed E-state index contributed by atoms with van der Waals surface area (Å²) >= 11 is 0. The average Bonchev–Trinajstić information content (AvgIpc) is 2.96. The Hall–Kier alpha value is -3.42. The Labute approximate surface area is 147 Å². The summed E-state index contributed by atoms with van der Waals surface area (Å²) in [6.07, 6.45) is 0.933. The molecule has 0 bridgehead atoms. The van der Waals surface area contributed by atoms with Crippen molar-refractivity contribution in [2.45, 2.75) is 26.0 Å². The number of oxazole rings is 1. The number of pyridine rings is 1. The maximum absolute atomic E-state index is 12.9. The standard InChI is InChI=1S/C18H15N3O5/c1-9(21-16-14(26-18(21)24)4-3-7-19-16)15(22)11-5-6-13-12(8-11)20-17(23)10(2)25-13/h3-10H,1-2H3,(H,20,23). The van der Waals surface area contributed by atoms with Gasteiger partial charge >= 0.3 is 5.76 Å². The van der Waals surface area contributed by atoms with Crippen molar-refractivity contribution in [2.24, 2.45) is 0 Å². The Bertz CT molecular complexity index is 1100. The molecule has 1 amide bonds. The fraction of sp³-hybridized carbons (Fsp3) is 0.222. The molecule has 3 aromatic rings. The van der Waals surface area contributed by atoms with E-state index < -0.39 is 17.9 Å². The van der Waals surface area contributed by atoms with Crippen molar-refractivity contribution in [3.8, 4) is 5.75 Å². The first-order chi connectivity index (χ1) is 12.5. The predicted molar refractivity (Wildman–Crippen MR) is 92.5 cm³/mol. The molecule has 0 saturated heterocycles. The smallest absolute Gasteiger partial charge is 0.421 e. The van der Waals surface area contributed by atoms with Gasteiger partial charge in [0.2, 0.25) is 0 Å². The van der Waals surface area contributed by atoms with E-state index in [9.17, 15) is 14.4 Å². The van der Waals surface area contributed by atoms with E-state index >= 15 is 0 Å². The van der Waals surface area contributed by atoms with E-state index in [2.05, 4.69) is 10.3 Å². The number of Topliss-reactive ketones (excluding diaryl/α,β-unsaturated/α-hetero) is 1. The Kier molecular flexibility index (Phi) is 3.61. The van der Waals surface area contributed by atoms with Crippen LogP contribution < -0.4 is 15.8 Å². The molecule has 3 heterocycles. The third-order valence-corrected chi connectivity index (χ3v) is 4.33. The van der Waals surface area contributed by atoms with Gasteiger partial charge in [0.15, 0.2) is 23.1 Å². The predicted octanol–water partition coefficient (Wildman–Crippen LogP) is 2.15. The minimum absolute atomic E-state index is 0.281. The van der Waals surface area contributed by atoms with Gasteiger partial charge in [-0.1, -0.05) is 0 Å². The van der Waals surface area contributed by atoms with Crippen molar-refractivity contribution in [1.29, 1.82) is 0 Å². The number of hydrogen-bond acceptors (Lipinski definition) is 6.